The molecule has 0 radical (unpaired) electrons. The third-order valence-electron chi connectivity index (χ3n) is 5.41. The van der Waals surface area contributed by atoms with E-state index in [4.69, 9.17) is 33.0 Å². The lowest BCUT2D eigenvalue weighted by atomic mass is 10.0. The molecular formula is C26H15ClFNO5S3. The molecule has 0 unspecified atom stereocenters. The first-order valence-corrected chi connectivity index (χ1v) is 13.3. The number of thioether (sulfide) groups is 1. The normalized spacial score (nSPS) is 14.6. The number of ether oxygens (including phenoxy) is 1. The van der Waals surface area contributed by atoms with E-state index in [1.165, 1.54) is 17.0 Å². The van der Waals surface area contributed by atoms with Gasteiger partial charge in [0.1, 0.15) is 21.5 Å². The second-order valence-corrected chi connectivity index (χ2v) is 10.8. The van der Waals surface area contributed by atoms with Gasteiger partial charge in [0.05, 0.1) is 16.0 Å². The lowest BCUT2D eigenvalue weighted by Crippen LogP contribution is -2.31. The average Bonchev–Trinajstić information content (AvgIpc) is 3.37. The predicted octanol–water partition coefficient (Wildman–Crippen LogP) is 6.51. The van der Waals surface area contributed by atoms with Crippen molar-refractivity contribution in [2.75, 3.05) is 6.54 Å². The molecule has 0 spiro atoms. The van der Waals surface area contributed by atoms with Gasteiger partial charge in [-0.15, -0.1) is 0 Å². The number of carbonyl (C=O) groups excluding carboxylic acids is 2. The van der Waals surface area contributed by atoms with Crippen LogP contribution in [0.4, 0.5) is 4.39 Å². The van der Waals surface area contributed by atoms with E-state index in [-0.39, 0.29) is 30.4 Å². The van der Waals surface area contributed by atoms with Gasteiger partial charge < -0.3 is 9.15 Å². The van der Waals surface area contributed by atoms with Crippen LogP contribution >= 0.6 is 46.9 Å². The third kappa shape index (κ3) is 5.37. The number of esters is 1. The first kappa shape index (κ1) is 25.3. The van der Waals surface area contributed by atoms with Crippen LogP contribution in [-0.2, 0) is 9.59 Å². The molecule has 1 aliphatic rings. The molecule has 3 aromatic carbocycles. The van der Waals surface area contributed by atoms with Gasteiger partial charge >= 0.3 is 10.9 Å². The van der Waals surface area contributed by atoms with Crippen LogP contribution in [0.15, 0.2) is 74.8 Å². The van der Waals surface area contributed by atoms with E-state index in [9.17, 15) is 18.8 Å². The second-order valence-electron chi connectivity index (χ2n) is 7.81. The quantitative estimate of drug-likeness (QED) is 0.113. The Morgan fingerprint density at radius 1 is 1.11 bits per heavy atom. The van der Waals surface area contributed by atoms with Gasteiger partial charge in [-0.1, -0.05) is 77.2 Å². The summed E-state index contributed by atoms with van der Waals surface area (Å²) in [5.41, 5.74) is 2.07. The molecule has 0 N–H and O–H groups in total. The van der Waals surface area contributed by atoms with Gasteiger partial charge in [-0.05, 0) is 42.0 Å². The number of nitrogens with zero attached hydrogens (tertiary/aromatic N) is 1. The zero-order chi connectivity index (χ0) is 26.1. The lowest BCUT2D eigenvalue weighted by Gasteiger charge is -2.15. The Hall–Kier alpha value is -3.31. The maximum atomic E-state index is 13.2. The molecule has 0 aliphatic carbocycles. The van der Waals surface area contributed by atoms with Crippen LogP contribution in [0.1, 0.15) is 12.0 Å². The molecule has 186 valence electrons. The summed E-state index contributed by atoms with van der Waals surface area (Å²) in [6, 6.07) is 15.8. The van der Waals surface area contributed by atoms with Gasteiger partial charge in [0, 0.05) is 22.7 Å². The molecule has 5 rings (SSSR count). The minimum atomic E-state index is -0.597. The van der Waals surface area contributed by atoms with Crippen molar-refractivity contribution in [2.24, 2.45) is 0 Å². The Morgan fingerprint density at radius 2 is 1.86 bits per heavy atom. The van der Waals surface area contributed by atoms with Crippen LogP contribution < -0.4 is 9.68 Å². The fourth-order valence-corrected chi connectivity index (χ4v) is 6.06. The third-order valence-corrected chi connectivity index (χ3v) is 7.98. The highest BCUT2D eigenvalue weighted by atomic mass is 35.5. The molecule has 37 heavy (non-hydrogen) atoms. The van der Waals surface area contributed by atoms with Crippen molar-refractivity contribution in [3.8, 4) is 16.9 Å². The van der Waals surface area contributed by atoms with Crippen LogP contribution in [0.25, 0.3) is 27.5 Å². The summed E-state index contributed by atoms with van der Waals surface area (Å²) in [6.07, 6.45) is 1.50. The molecule has 0 saturated carbocycles. The maximum Gasteiger partial charge on any atom is 0.396 e. The highest BCUT2D eigenvalue weighted by Gasteiger charge is 2.32. The van der Waals surface area contributed by atoms with Crippen LogP contribution in [0, 0.1) is 5.82 Å². The Balaban J connectivity index is 1.34. The first-order valence-electron chi connectivity index (χ1n) is 10.8. The summed E-state index contributed by atoms with van der Waals surface area (Å²) in [7, 11) is 0. The Kier molecular flexibility index (Phi) is 7.25. The zero-order valence-corrected chi connectivity index (χ0v) is 21.9. The van der Waals surface area contributed by atoms with Crippen molar-refractivity contribution in [1.29, 1.82) is 0 Å². The standard InChI is InChI=1S/C26H15ClFNO5S3/c27-17-4-2-1-3-16(17)22-18(9-10-19-23(22)37-26(32)34-19)33-21(30)11-12-29-24(31)20(36-25(29)35)13-14-5-7-15(28)8-6-14/h1-10,13H,11-12H2. The number of benzene rings is 3. The summed E-state index contributed by atoms with van der Waals surface area (Å²) >= 11 is 13.7. The number of hydrogen-bond donors (Lipinski definition) is 0. The number of hydrogen-bond acceptors (Lipinski definition) is 8. The monoisotopic (exact) mass is 571 g/mol. The van der Waals surface area contributed by atoms with Crippen LogP contribution in [-0.4, -0.2) is 27.6 Å². The van der Waals surface area contributed by atoms with Gasteiger partial charge in [-0.3, -0.25) is 14.5 Å². The van der Waals surface area contributed by atoms with E-state index in [1.807, 2.05) is 0 Å². The number of fused-ring (bicyclic) bond motifs is 1. The van der Waals surface area contributed by atoms with Crippen molar-refractivity contribution in [3.63, 3.8) is 0 Å². The molecule has 1 fully saturated rings. The van der Waals surface area contributed by atoms with Crippen LogP contribution in [0.2, 0.25) is 5.02 Å². The molecule has 1 aliphatic heterocycles. The fourth-order valence-electron chi connectivity index (χ4n) is 3.71. The van der Waals surface area contributed by atoms with Crippen molar-refractivity contribution in [2.45, 2.75) is 6.42 Å². The first-order chi connectivity index (χ1) is 17.8. The van der Waals surface area contributed by atoms with Crippen molar-refractivity contribution in [1.82, 2.24) is 4.90 Å². The zero-order valence-electron chi connectivity index (χ0n) is 18.7. The van der Waals surface area contributed by atoms with Crippen LogP contribution in [0.3, 0.4) is 0 Å². The second kappa shape index (κ2) is 10.6. The van der Waals surface area contributed by atoms with Crippen molar-refractivity contribution >= 4 is 79.5 Å². The summed E-state index contributed by atoms with van der Waals surface area (Å²) in [4.78, 5) is 38.8. The van der Waals surface area contributed by atoms with Gasteiger partial charge in [-0.2, -0.15) is 0 Å². The number of carbonyl (C=O) groups is 2. The average molecular weight is 572 g/mol. The molecule has 1 aromatic heterocycles. The van der Waals surface area contributed by atoms with E-state index in [1.54, 1.807) is 54.6 Å². The summed E-state index contributed by atoms with van der Waals surface area (Å²) < 4.78 is 24.9. The Labute approximate surface area is 228 Å². The lowest BCUT2D eigenvalue weighted by molar-refractivity contribution is -0.134. The number of halogens is 2. The molecular weight excluding hydrogens is 557 g/mol. The van der Waals surface area contributed by atoms with E-state index in [2.05, 4.69) is 0 Å². The Morgan fingerprint density at radius 3 is 2.62 bits per heavy atom. The van der Waals surface area contributed by atoms with E-state index in [0.29, 0.717) is 41.2 Å². The SMILES string of the molecule is O=C(CCN1C(=O)C(=Cc2ccc(F)cc2)SC1=S)Oc1ccc2oc(=O)sc2c1-c1ccccc1Cl. The highest BCUT2D eigenvalue weighted by Crippen LogP contribution is 2.42. The van der Waals surface area contributed by atoms with Gasteiger partial charge in [-0.25, -0.2) is 9.18 Å². The van der Waals surface area contributed by atoms with Gasteiger partial charge in [0.15, 0.2) is 0 Å². The molecule has 11 heteroatoms. The van der Waals surface area contributed by atoms with E-state index < -0.39 is 10.9 Å². The molecule has 1 saturated heterocycles. The minimum absolute atomic E-state index is 0.0208. The molecule has 6 nitrogen and oxygen atoms in total. The largest absolute Gasteiger partial charge is 0.426 e. The van der Waals surface area contributed by atoms with E-state index in [0.717, 1.165) is 23.1 Å². The van der Waals surface area contributed by atoms with E-state index >= 15 is 0 Å². The number of thiocarbonyl (C=S) groups is 1. The summed E-state index contributed by atoms with van der Waals surface area (Å²) in [6.45, 7) is 0.0208. The summed E-state index contributed by atoms with van der Waals surface area (Å²) in [5.74, 6) is -1.10. The molecule has 4 aromatic rings. The maximum absolute atomic E-state index is 13.2. The predicted molar refractivity (Wildman–Crippen MR) is 147 cm³/mol. The molecule has 0 atom stereocenters. The topological polar surface area (TPSA) is 76.8 Å². The number of amides is 1. The molecule has 2 heterocycles. The van der Waals surface area contributed by atoms with Gasteiger partial charge in [0.2, 0.25) is 0 Å². The van der Waals surface area contributed by atoms with Crippen molar-refractivity contribution in [3.05, 3.63) is 91.7 Å². The summed E-state index contributed by atoms with van der Waals surface area (Å²) in [5, 5.41) is 0.415. The smallest absolute Gasteiger partial charge is 0.396 e. The Bertz CT molecular complexity index is 1640. The molecule has 0 bridgehead atoms. The highest BCUT2D eigenvalue weighted by molar-refractivity contribution is 8.26. The fraction of sp³-hybridized carbons (Fsp3) is 0.0769. The van der Waals surface area contributed by atoms with Gasteiger partial charge in [0.25, 0.3) is 5.91 Å². The number of rotatable bonds is 6. The van der Waals surface area contributed by atoms with Crippen molar-refractivity contribution < 1.29 is 23.1 Å². The molecule has 1 amide bonds. The minimum Gasteiger partial charge on any atom is -0.426 e. The van der Waals surface area contributed by atoms with Crippen LogP contribution in [0.5, 0.6) is 5.75 Å².